The Kier molecular flexibility index (Phi) is 4.59. The number of allylic oxidation sites excluding steroid dienone is 1. The molecular formula is C14H22N4. The van der Waals surface area contributed by atoms with E-state index in [0.29, 0.717) is 0 Å². The summed E-state index contributed by atoms with van der Waals surface area (Å²) in [5.41, 5.74) is 8.93. The molecule has 2 rings (SSSR count). The molecule has 98 valence electrons. The summed E-state index contributed by atoms with van der Waals surface area (Å²) in [7, 11) is 0. The first-order valence-corrected chi connectivity index (χ1v) is 6.69. The Hall–Kier alpha value is -1.55. The Morgan fingerprint density at radius 3 is 2.94 bits per heavy atom. The number of unbranched alkanes of at least 4 members (excludes halogenated alkanes) is 1. The van der Waals surface area contributed by atoms with E-state index in [1.807, 2.05) is 18.3 Å². The molecule has 1 aliphatic rings. The first-order chi connectivity index (χ1) is 8.83. The average molecular weight is 246 g/mol. The third-order valence-electron chi connectivity index (χ3n) is 3.17. The Morgan fingerprint density at radius 1 is 1.50 bits per heavy atom. The predicted octanol–water partition coefficient (Wildman–Crippen LogP) is 1.71. The molecule has 3 N–H and O–H groups in total. The summed E-state index contributed by atoms with van der Waals surface area (Å²) in [5.74, 6) is 0. The zero-order chi connectivity index (χ0) is 12.8. The average Bonchev–Trinajstić information content (AvgIpc) is 2.42. The summed E-state index contributed by atoms with van der Waals surface area (Å²) in [4.78, 5) is 6.83. The number of hydrogen-bond donors (Lipinski definition) is 2. The van der Waals surface area contributed by atoms with E-state index in [1.54, 1.807) is 0 Å². The van der Waals surface area contributed by atoms with Gasteiger partial charge in [0.1, 0.15) is 5.69 Å². The molecule has 4 nitrogen and oxygen atoms in total. The highest BCUT2D eigenvalue weighted by molar-refractivity contribution is 5.70. The van der Waals surface area contributed by atoms with Crippen LogP contribution >= 0.6 is 0 Å². The van der Waals surface area contributed by atoms with Crippen molar-refractivity contribution < 1.29 is 0 Å². The van der Waals surface area contributed by atoms with Crippen LogP contribution in [0.25, 0.3) is 5.70 Å². The van der Waals surface area contributed by atoms with Gasteiger partial charge in [-0.15, -0.1) is 0 Å². The fourth-order valence-corrected chi connectivity index (χ4v) is 2.19. The minimum absolute atomic E-state index is 0.762. The molecule has 0 bridgehead atoms. The van der Waals surface area contributed by atoms with E-state index in [1.165, 1.54) is 5.70 Å². The Morgan fingerprint density at radius 2 is 2.28 bits per heavy atom. The molecule has 1 fully saturated rings. The van der Waals surface area contributed by atoms with Crippen LogP contribution < -0.4 is 11.1 Å². The zero-order valence-corrected chi connectivity index (χ0v) is 11.0. The molecule has 0 unspecified atom stereocenters. The van der Waals surface area contributed by atoms with Crippen LogP contribution in [0.3, 0.4) is 0 Å². The van der Waals surface area contributed by atoms with Crippen molar-refractivity contribution in [2.75, 3.05) is 31.9 Å². The van der Waals surface area contributed by atoms with Crippen molar-refractivity contribution in [3.8, 4) is 0 Å². The maximum atomic E-state index is 6.05. The maximum Gasteiger partial charge on any atom is 0.109 e. The highest BCUT2D eigenvalue weighted by Crippen LogP contribution is 2.23. The number of rotatable bonds is 4. The lowest BCUT2D eigenvalue weighted by atomic mass is 10.1. The predicted molar refractivity (Wildman–Crippen MR) is 76.0 cm³/mol. The topological polar surface area (TPSA) is 54.2 Å². The molecule has 0 radical (unpaired) electrons. The van der Waals surface area contributed by atoms with E-state index < -0.39 is 0 Å². The number of hydrogen-bond acceptors (Lipinski definition) is 4. The third kappa shape index (κ3) is 3.01. The second-order valence-corrected chi connectivity index (χ2v) is 4.56. The van der Waals surface area contributed by atoms with E-state index >= 15 is 0 Å². The van der Waals surface area contributed by atoms with Gasteiger partial charge in [0, 0.05) is 32.4 Å². The first-order valence-electron chi connectivity index (χ1n) is 6.69. The largest absolute Gasteiger partial charge is 0.397 e. The van der Waals surface area contributed by atoms with Gasteiger partial charge in [0.25, 0.3) is 0 Å². The molecule has 1 aliphatic heterocycles. The van der Waals surface area contributed by atoms with Crippen LogP contribution in [-0.2, 0) is 0 Å². The first kappa shape index (κ1) is 12.9. The van der Waals surface area contributed by atoms with Crippen LogP contribution in [0.4, 0.5) is 5.69 Å². The second kappa shape index (κ2) is 6.40. The van der Waals surface area contributed by atoms with Crippen LogP contribution in [0.5, 0.6) is 0 Å². The quantitative estimate of drug-likeness (QED) is 0.849. The molecule has 0 spiro atoms. The van der Waals surface area contributed by atoms with Gasteiger partial charge in [-0.25, -0.2) is 0 Å². The van der Waals surface area contributed by atoms with Crippen LogP contribution in [-0.4, -0.2) is 36.1 Å². The van der Waals surface area contributed by atoms with Gasteiger partial charge < -0.3 is 16.0 Å². The van der Waals surface area contributed by atoms with Crippen molar-refractivity contribution in [1.82, 2.24) is 15.2 Å². The van der Waals surface area contributed by atoms with Gasteiger partial charge >= 0.3 is 0 Å². The van der Waals surface area contributed by atoms with Gasteiger partial charge in [-0.2, -0.15) is 0 Å². The number of nitrogens with zero attached hydrogens (tertiary/aromatic N) is 2. The fraction of sp³-hybridized carbons (Fsp3) is 0.500. The highest BCUT2D eigenvalue weighted by Gasteiger charge is 2.16. The molecule has 1 saturated heterocycles. The molecule has 0 saturated carbocycles. The standard InChI is InChI=1S/C14H22N4/c1-2-3-6-13(18-10-8-16-9-11-18)14-12(15)5-4-7-17-14/h4-7,16H,2-3,8-11,15H2,1H3/b13-6+. The van der Waals surface area contributed by atoms with Crippen LogP contribution in [0.1, 0.15) is 25.5 Å². The summed E-state index contributed by atoms with van der Waals surface area (Å²) >= 11 is 0. The lowest BCUT2D eigenvalue weighted by Gasteiger charge is -2.31. The molecule has 1 aromatic rings. The Balaban J connectivity index is 2.27. The van der Waals surface area contributed by atoms with Gasteiger partial charge in [0.05, 0.1) is 11.4 Å². The lowest BCUT2D eigenvalue weighted by Crippen LogP contribution is -2.42. The van der Waals surface area contributed by atoms with Gasteiger partial charge in [0.15, 0.2) is 0 Å². The smallest absolute Gasteiger partial charge is 0.109 e. The molecular weight excluding hydrogens is 224 g/mol. The van der Waals surface area contributed by atoms with E-state index in [0.717, 1.165) is 50.4 Å². The number of nitrogens with two attached hydrogens (primary N) is 1. The minimum Gasteiger partial charge on any atom is -0.397 e. The fourth-order valence-electron chi connectivity index (χ4n) is 2.19. The summed E-state index contributed by atoms with van der Waals surface area (Å²) in [6.07, 6.45) is 6.29. The second-order valence-electron chi connectivity index (χ2n) is 4.56. The van der Waals surface area contributed by atoms with E-state index in [4.69, 9.17) is 5.73 Å². The molecule has 0 aliphatic carbocycles. The van der Waals surface area contributed by atoms with Crippen molar-refractivity contribution in [2.24, 2.45) is 0 Å². The zero-order valence-electron chi connectivity index (χ0n) is 11.0. The SMILES string of the molecule is CCC/C=C(\c1ncccc1N)N1CCNCC1. The molecule has 0 atom stereocenters. The van der Waals surface area contributed by atoms with E-state index in [-0.39, 0.29) is 0 Å². The minimum atomic E-state index is 0.762. The molecule has 18 heavy (non-hydrogen) atoms. The summed E-state index contributed by atoms with van der Waals surface area (Å²) in [6, 6.07) is 3.80. The maximum absolute atomic E-state index is 6.05. The van der Waals surface area contributed by atoms with E-state index in [2.05, 4.69) is 28.2 Å². The molecule has 2 heterocycles. The Bertz CT molecular complexity index is 408. The monoisotopic (exact) mass is 246 g/mol. The van der Waals surface area contributed by atoms with Crippen molar-refractivity contribution in [1.29, 1.82) is 0 Å². The molecule has 0 aromatic carbocycles. The normalized spacial score (nSPS) is 16.9. The van der Waals surface area contributed by atoms with Gasteiger partial charge in [-0.05, 0) is 18.6 Å². The number of anilines is 1. The van der Waals surface area contributed by atoms with Crippen LogP contribution in [0, 0.1) is 0 Å². The van der Waals surface area contributed by atoms with E-state index in [9.17, 15) is 0 Å². The molecule has 4 heteroatoms. The molecule has 1 aromatic heterocycles. The number of aromatic nitrogens is 1. The third-order valence-corrected chi connectivity index (χ3v) is 3.17. The van der Waals surface area contributed by atoms with Gasteiger partial charge in [-0.1, -0.05) is 19.4 Å². The lowest BCUT2D eigenvalue weighted by molar-refractivity contribution is 0.339. The molecule has 0 amide bonds. The number of pyridine rings is 1. The summed E-state index contributed by atoms with van der Waals surface area (Å²) < 4.78 is 0. The van der Waals surface area contributed by atoms with Crippen molar-refractivity contribution in [3.63, 3.8) is 0 Å². The van der Waals surface area contributed by atoms with Gasteiger partial charge in [0.2, 0.25) is 0 Å². The highest BCUT2D eigenvalue weighted by atomic mass is 15.2. The number of nitrogens with one attached hydrogen (secondary N) is 1. The summed E-state index contributed by atoms with van der Waals surface area (Å²) in [5, 5.41) is 3.37. The van der Waals surface area contributed by atoms with Crippen molar-refractivity contribution in [3.05, 3.63) is 30.1 Å². The summed E-state index contributed by atoms with van der Waals surface area (Å²) in [6.45, 7) is 6.27. The number of nitrogen functional groups attached to an aromatic ring is 1. The Labute approximate surface area is 109 Å². The van der Waals surface area contributed by atoms with Crippen LogP contribution in [0.15, 0.2) is 24.4 Å². The number of piperazine rings is 1. The van der Waals surface area contributed by atoms with Crippen molar-refractivity contribution in [2.45, 2.75) is 19.8 Å². The van der Waals surface area contributed by atoms with Gasteiger partial charge in [-0.3, -0.25) is 4.98 Å². The van der Waals surface area contributed by atoms with Crippen LogP contribution in [0.2, 0.25) is 0 Å². The van der Waals surface area contributed by atoms with Crippen molar-refractivity contribution >= 4 is 11.4 Å².